The van der Waals surface area contributed by atoms with Crippen LogP contribution in [0.2, 0.25) is 5.02 Å². The Morgan fingerprint density at radius 3 is 2.23 bits per heavy atom. The van der Waals surface area contributed by atoms with Crippen molar-refractivity contribution in [2.24, 2.45) is 0 Å². The molecule has 2 aromatic carbocycles. The number of carbonyl (C=O) groups excluding carboxylic acids is 2. The summed E-state index contributed by atoms with van der Waals surface area (Å²) in [4.78, 5) is 31.4. The second-order valence-corrected chi connectivity index (χ2v) is 7.09. The first-order valence-corrected chi connectivity index (χ1v) is 9.50. The maximum absolute atomic E-state index is 13.0. The van der Waals surface area contributed by atoms with Crippen molar-refractivity contribution in [2.75, 3.05) is 12.0 Å². The molecular formula is C23H17ClN2O4. The molecule has 2 heterocycles. The van der Waals surface area contributed by atoms with Crippen molar-refractivity contribution in [1.82, 2.24) is 4.98 Å². The molecule has 3 aromatic rings. The van der Waals surface area contributed by atoms with Crippen LogP contribution < -0.4 is 9.64 Å². The lowest BCUT2D eigenvalue weighted by atomic mass is 9.96. The van der Waals surface area contributed by atoms with Gasteiger partial charge in [0.2, 0.25) is 0 Å². The Labute approximate surface area is 178 Å². The highest BCUT2D eigenvalue weighted by Gasteiger charge is 2.46. The lowest BCUT2D eigenvalue weighted by Crippen LogP contribution is -2.29. The maximum atomic E-state index is 13.0. The van der Waals surface area contributed by atoms with Crippen LogP contribution in [0.25, 0.3) is 5.76 Å². The third kappa shape index (κ3) is 3.42. The second-order valence-electron chi connectivity index (χ2n) is 6.65. The number of ether oxygens (including phenoxy) is 1. The molecule has 1 aliphatic rings. The Hall–Kier alpha value is -3.64. The fourth-order valence-corrected chi connectivity index (χ4v) is 3.59. The normalized spacial score (nSPS) is 17.9. The minimum atomic E-state index is -0.808. The average molecular weight is 421 g/mol. The SMILES string of the molecule is COc1ccc(N2C(=O)C(=O)/C(=C(\O)c3ccc(Cl)cc3)C2c2ccncc2)cc1. The Kier molecular flexibility index (Phi) is 5.25. The predicted octanol–water partition coefficient (Wildman–Crippen LogP) is 4.37. The number of methoxy groups -OCH3 is 1. The highest BCUT2D eigenvalue weighted by molar-refractivity contribution is 6.51. The molecule has 0 radical (unpaired) electrons. The van der Waals surface area contributed by atoms with E-state index in [9.17, 15) is 14.7 Å². The van der Waals surface area contributed by atoms with Crippen molar-refractivity contribution >= 4 is 34.7 Å². The van der Waals surface area contributed by atoms with E-state index >= 15 is 0 Å². The number of hydrogen-bond acceptors (Lipinski definition) is 5. The number of pyridine rings is 1. The van der Waals surface area contributed by atoms with E-state index in [4.69, 9.17) is 16.3 Å². The highest BCUT2D eigenvalue weighted by atomic mass is 35.5. The van der Waals surface area contributed by atoms with Crippen LogP contribution in [0.4, 0.5) is 5.69 Å². The van der Waals surface area contributed by atoms with Crippen molar-refractivity contribution in [3.8, 4) is 5.75 Å². The number of aliphatic hydroxyl groups is 1. The lowest BCUT2D eigenvalue weighted by molar-refractivity contribution is -0.132. The number of nitrogens with zero attached hydrogens (tertiary/aromatic N) is 2. The Bertz CT molecular complexity index is 1130. The second kappa shape index (κ2) is 8.00. The number of aromatic nitrogens is 1. The largest absolute Gasteiger partial charge is 0.507 e. The van der Waals surface area contributed by atoms with Gasteiger partial charge in [0.15, 0.2) is 0 Å². The molecule has 0 spiro atoms. The average Bonchev–Trinajstić information content (AvgIpc) is 3.05. The molecule has 1 saturated heterocycles. The maximum Gasteiger partial charge on any atom is 0.300 e. The number of carbonyl (C=O) groups is 2. The van der Waals surface area contributed by atoms with E-state index in [0.29, 0.717) is 27.6 Å². The molecule has 0 aliphatic carbocycles. The first-order chi connectivity index (χ1) is 14.5. The third-order valence-corrected chi connectivity index (χ3v) is 5.19. The number of halogens is 1. The molecule has 0 saturated carbocycles. The molecule has 1 aromatic heterocycles. The van der Waals surface area contributed by atoms with E-state index in [1.807, 2.05) is 0 Å². The van der Waals surface area contributed by atoms with Crippen LogP contribution in [0.5, 0.6) is 5.75 Å². The van der Waals surface area contributed by atoms with Gasteiger partial charge in [0.25, 0.3) is 11.7 Å². The predicted molar refractivity (Wildman–Crippen MR) is 113 cm³/mol. The van der Waals surface area contributed by atoms with E-state index in [1.54, 1.807) is 80.2 Å². The van der Waals surface area contributed by atoms with Crippen LogP contribution in [0, 0.1) is 0 Å². The summed E-state index contributed by atoms with van der Waals surface area (Å²) in [5, 5.41) is 11.5. The molecule has 0 bridgehead atoms. The minimum Gasteiger partial charge on any atom is -0.507 e. The van der Waals surface area contributed by atoms with Gasteiger partial charge in [0.05, 0.1) is 18.7 Å². The molecule has 150 valence electrons. The van der Waals surface area contributed by atoms with Crippen molar-refractivity contribution in [2.45, 2.75) is 6.04 Å². The first kappa shape index (κ1) is 19.7. The topological polar surface area (TPSA) is 79.7 Å². The standard InChI is InChI=1S/C23H17ClN2O4/c1-30-18-8-6-17(7-9-18)26-20(14-10-12-25-13-11-14)19(22(28)23(26)29)21(27)15-2-4-16(24)5-3-15/h2-13,20,27H,1H3/b21-19-. The van der Waals surface area contributed by atoms with Gasteiger partial charge < -0.3 is 9.84 Å². The van der Waals surface area contributed by atoms with Crippen molar-refractivity contribution < 1.29 is 19.4 Å². The molecule has 1 atom stereocenters. The Morgan fingerprint density at radius 2 is 1.63 bits per heavy atom. The van der Waals surface area contributed by atoms with Gasteiger partial charge in [0, 0.05) is 28.7 Å². The summed E-state index contributed by atoms with van der Waals surface area (Å²) >= 11 is 5.94. The number of Topliss-reactive ketones (excluding diaryl/α,β-unsaturated/α-hetero) is 1. The molecule has 7 heteroatoms. The summed E-state index contributed by atoms with van der Waals surface area (Å²) < 4.78 is 5.18. The summed E-state index contributed by atoms with van der Waals surface area (Å²) in [6.45, 7) is 0. The number of benzene rings is 2. The van der Waals surface area contributed by atoms with Crippen molar-refractivity contribution in [3.63, 3.8) is 0 Å². The number of ketones is 1. The Balaban J connectivity index is 1.90. The van der Waals surface area contributed by atoms with E-state index in [0.717, 1.165) is 0 Å². The van der Waals surface area contributed by atoms with Gasteiger partial charge in [-0.3, -0.25) is 19.5 Å². The summed E-state index contributed by atoms with van der Waals surface area (Å²) in [7, 11) is 1.55. The van der Waals surface area contributed by atoms with Crippen LogP contribution >= 0.6 is 11.6 Å². The molecule has 4 rings (SSSR count). The first-order valence-electron chi connectivity index (χ1n) is 9.12. The summed E-state index contributed by atoms with van der Waals surface area (Å²) in [5.74, 6) is -1.13. The molecule has 1 aliphatic heterocycles. The minimum absolute atomic E-state index is 0.00402. The molecule has 1 fully saturated rings. The van der Waals surface area contributed by atoms with Gasteiger partial charge in [-0.05, 0) is 66.2 Å². The fraction of sp³-hybridized carbons (Fsp3) is 0.0870. The van der Waals surface area contributed by atoms with E-state index < -0.39 is 17.7 Å². The number of aliphatic hydroxyl groups excluding tert-OH is 1. The van der Waals surface area contributed by atoms with E-state index in [1.165, 1.54) is 4.90 Å². The zero-order valence-corrected chi connectivity index (χ0v) is 16.7. The third-order valence-electron chi connectivity index (χ3n) is 4.93. The van der Waals surface area contributed by atoms with Crippen molar-refractivity contribution in [1.29, 1.82) is 0 Å². The molecule has 1 amide bonds. The molecular weight excluding hydrogens is 404 g/mol. The van der Waals surface area contributed by atoms with Crippen LogP contribution in [0.15, 0.2) is 78.6 Å². The zero-order valence-electron chi connectivity index (χ0n) is 15.9. The monoisotopic (exact) mass is 420 g/mol. The van der Waals surface area contributed by atoms with Crippen LogP contribution in [-0.4, -0.2) is 28.9 Å². The molecule has 1 N–H and O–H groups in total. The van der Waals surface area contributed by atoms with Crippen LogP contribution in [0.3, 0.4) is 0 Å². The highest BCUT2D eigenvalue weighted by Crippen LogP contribution is 2.42. The quantitative estimate of drug-likeness (QED) is 0.385. The van der Waals surface area contributed by atoms with Crippen LogP contribution in [0.1, 0.15) is 17.2 Å². The number of amides is 1. The van der Waals surface area contributed by atoms with Crippen LogP contribution in [-0.2, 0) is 9.59 Å². The number of anilines is 1. The fourth-order valence-electron chi connectivity index (χ4n) is 3.47. The van der Waals surface area contributed by atoms with Gasteiger partial charge in [-0.15, -0.1) is 0 Å². The summed E-state index contributed by atoms with van der Waals surface area (Å²) in [5.41, 5.74) is 1.56. The van der Waals surface area contributed by atoms with E-state index in [-0.39, 0.29) is 11.3 Å². The van der Waals surface area contributed by atoms with Gasteiger partial charge in [-0.1, -0.05) is 11.6 Å². The van der Waals surface area contributed by atoms with Gasteiger partial charge >= 0.3 is 0 Å². The van der Waals surface area contributed by atoms with Crippen molar-refractivity contribution in [3.05, 3.63) is 94.8 Å². The molecule has 6 nitrogen and oxygen atoms in total. The number of hydrogen-bond donors (Lipinski definition) is 1. The van der Waals surface area contributed by atoms with Gasteiger partial charge in [0.1, 0.15) is 11.5 Å². The lowest BCUT2D eigenvalue weighted by Gasteiger charge is -2.25. The summed E-state index contributed by atoms with van der Waals surface area (Å²) in [6, 6.07) is 15.8. The smallest absolute Gasteiger partial charge is 0.300 e. The molecule has 30 heavy (non-hydrogen) atoms. The Morgan fingerprint density at radius 1 is 1.00 bits per heavy atom. The number of rotatable bonds is 4. The van der Waals surface area contributed by atoms with Gasteiger partial charge in [-0.25, -0.2) is 0 Å². The summed E-state index contributed by atoms with van der Waals surface area (Å²) in [6.07, 6.45) is 3.15. The zero-order chi connectivity index (χ0) is 21.3. The van der Waals surface area contributed by atoms with Gasteiger partial charge in [-0.2, -0.15) is 0 Å². The van der Waals surface area contributed by atoms with E-state index in [2.05, 4.69) is 4.98 Å². The molecule has 1 unspecified atom stereocenters.